The summed E-state index contributed by atoms with van der Waals surface area (Å²) >= 11 is 1.36. The molecule has 7 nitrogen and oxygen atoms in total. The topological polar surface area (TPSA) is 88.9 Å². The molecule has 1 aromatic heterocycles. The summed E-state index contributed by atoms with van der Waals surface area (Å²) in [4.78, 5) is 24.7. The molecule has 1 fully saturated rings. The van der Waals surface area contributed by atoms with Gasteiger partial charge in [-0.1, -0.05) is 48.7 Å². The van der Waals surface area contributed by atoms with E-state index >= 15 is 0 Å². The summed E-state index contributed by atoms with van der Waals surface area (Å²) < 4.78 is 1.83. The molecule has 156 valence electrons. The van der Waals surface area contributed by atoms with Gasteiger partial charge in [0.05, 0.1) is 11.8 Å². The summed E-state index contributed by atoms with van der Waals surface area (Å²) in [6.45, 7) is 3.86. The van der Waals surface area contributed by atoms with Gasteiger partial charge in [-0.3, -0.25) is 9.59 Å². The lowest BCUT2D eigenvalue weighted by molar-refractivity contribution is -0.119. The standard InChI is InChI=1S/C21H29N5O2S/c1-14-9-11-16(12-10-14)20(28)22-15(2)19-24-25-21(26(19)3)29-13-18(27)23-17-7-5-4-6-8-17/h9-12,15,17H,4-8,13H2,1-3H3,(H,22,28)(H,23,27)/t15-/m0/s1. The molecular weight excluding hydrogens is 386 g/mol. The number of amides is 2. The maximum Gasteiger partial charge on any atom is 0.251 e. The van der Waals surface area contributed by atoms with Crippen molar-refractivity contribution in [2.45, 2.75) is 63.2 Å². The molecule has 1 saturated carbocycles. The van der Waals surface area contributed by atoms with Gasteiger partial charge < -0.3 is 15.2 Å². The number of hydrogen-bond donors (Lipinski definition) is 2. The van der Waals surface area contributed by atoms with E-state index < -0.39 is 0 Å². The highest BCUT2D eigenvalue weighted by Crippen LogP contribution is 2.21. The number of carbonyl (C=O) groups is 2. The lowest BCUT2D eigenvalue weighted by Gasteiger charge is -2.22. The Morgan fingerprint density at radius 1 is 1.17 bits per heavy atom. The lowest BCUT2D eigenvalue weighted by atomic mass is 9.95. The van der Waals surface area contributed by atoms with Crippen molar-refractivity contribution in [2.75, 3.05) is 5.75 Å². The zero-order valence-electron chi connectivity index (χ0n) is 17.3. The first kappa shape index (κ1) is 21.4. The van der Waals surface area contributed by atoms with Crippen LogP contribution in [-0.2, 0) is 11.8 Å². The Morgan fingerprint density at radius 2 is 1.86 bits per heavy atom. The molecular formula is C21H29N5O2S. The molecule has 1 aromatic carbocycles. The smallest absolute Gasteiger partial charge is 0.251 e. The molecule has 0 radical (unpaired) electrons. The molecule has 2 aromatic rings. The minimum Gasteiger partial charge on any atom is -0.353 e. The second-order valence-corrected chi connectivity index (χ2v) is 8.59. The van der Waals surface area contributed by atoms with Crippen LogP contribution in [0.25, 0.3) is 0 Å². The van der Waals surface area contributed by atoms with E-state index in [0.717, 1.165) is 18.4 Å². The summed E-state index contributed by atoms with van der Waals surface area (Å²) in [7, 11) is 1.85. The van der Waals surface area contributed by atoms with Crippen LogP contribution in [0, 0.1) is 6.92 Å². The number of carbonyl (C=O) groups excluding carboxylic acids is 2. The van der Waals surface area contributed by atoms with Gasteiger partial charge in [0.1, 0.15) is 0 Å². The zero-order chi connectivity index (χ0) is 20.8. The Hall–Kier alpha value is -2.35. The largest absolute Gasteiger partial charge is 0.353 e. The quantitative estimate of drug-likeness (QED) is 0.678. The molecule has 0 bridgehead atoms. The number of aromatic nitrogens is 3. The normalized spacial score (nSPS) is 15.7. The Labute approximate surface area is 176 Å². The van der Waals surface area contributed by atoms with E-state index in [1.165, 1.54) is 31.0 Å². The Morgan fingerprint density at radius 3 is 2.55 bits per heavy atom. The third kappa shape index (κ3) is 5.82. The highest BCUT2D eigenvalue weighted by molar-refractivity contribution is 7.99. The SMILES string of the molecule is Cc1ccc(C(=O)N[C@@H](C)c2nnc(SCC(=O)NC3CCCCC3)n2C)cc1. The van der Waals surface area contributed by atoms with Gasteiger partial charge in [-0.05, 0) is 38.8 Å². The lowest BCUT2D eigenvalue weighted by Crippen LogP contribution is -2.37. The third-order valence-corrected chi connectivity index (χ3v) is 6.24. The summed E-state index contributed by atoms with van der Waals surface area (Å²) in [5.41, 5.74) is 1.72. The van der Waals surface area contributed by atoms with Crippen LogP contribution in [-0.4, -0.2) is 38.4 Å². The Kier molecular flexibility index (Phi) is 7.30. The first-order valence-corrected chi connectivity index (χ1v) is 11.1. The molecule has 2 N–H and O–H groups in total. The molecule has 1 aliphatic rings. The van der Waals surface area contributed by atoms with Crippen LogP contribution >= 0.6 is 11.8 Å². The average molecular weight is 416 g/mol. The Balaban J connectivity index is 1.53. The van der Waals surface area contributed by atoms with Crippen LogP contribution in [0.1, 0.15) is 66.8 Å². The molecule has 1 aliphatic carbocycles. The van der Waals surface area contributed by atoms with E-state index in [-0.39, 0.29) is 17.9 Å². The van der Waals surface area contributed by atoms with E-state index in [1.54, 1.807) is 12.1 Å². The maximum absolute atomic E-state index is 12.4. The monoisotopic (exact) mass is 415 g/mol. The molecule has 0 saturated heterocycles. The van der Waals surface area contributed by atoms with Gasteiger partial charge >= 0.3 is 0 Å². The number of nitrogens with zero attached hydrogens (tertiary/aromatic N) is 3. The highest BCUT2D eigenvalue weighted by atomic mass is 32.2. The van der Waals surface area contributed by atoms with E-state index in [9.17, 15) is 9.59 Å². The van der Waals surface area contributed by atoms with Crippen LogP contribution in [0.3, 0.4) is 0 Å². The summed E-state index contributed by atoms with van der Waals surface area (Å²) in [6.07, 6.45) is 5.79. The predicted octanol–water partition coefficient (Wildman–Crippen LogP) is 3.16. The molecule has 1 heterocycles. The first-order chi connectivity index (χ1) is 13.9. The van der Waals surface area contributed by atoms with Crippen molar-refractivity contribution >= 4 is 23.6 Å². The van der Waals surface area contributed by atoms with Crippen molar-refractivity contribution in [3.8, 4) is 0 Å². The van der Waals surface area contributed by atoms with Crippen molar-refractivity contribution in [2.24, 2.45) is 7.05 Å². The van der Waals surface area contributed by atoms with Crippen molar-refractivity contribution < 1.29 is 9.59 Å². The van der Waals surface area contributed by atoms with Crippen molar-refractivity contribution in [3.05, 3.63) is 41.2 Å². The van der Waals surface area contributed by atoms with Crippen LogP contribution in [0.2, 0.25) is 0 Å². The van der Waals surface area contributed by atoms with Gasteiger partial charge in [0.25, 0.3) is 5.91 Å². The van der Waals surface area contributed by atoms with Gasteiger partial charge in [0.2, 0.25) is 5.91 Å². The summed E-state index contributed by atoms with van der Waals surface area (Å²) in [6, 6.07) is 7.44. The molecule has 1 atom stereocenters. The second kappa shape index (κ2) is 9.91. The van der Waals surface area contributed by atoms with Crippen LogP contribution in [0.4, 0.5) is 0 Å². The number of benzene rings is 1. The van der Waals surface area contributed by atoms with Crippen LogP contribution < -0.4 is 10.6 Å². The van der Waals surface area contributed by atoms with E-state index in [0.29, 0.717) is 28.3 Å². The number of aryl methyl sites for hydroxylation is 1. The van der Waals surface area contributed by atoms with Gasteiger partial charge in [-0.15, -0.1) is 10.2 Å². The molecule has 0 aliphatic heterocycles. The molecule has 29 heavy (non-hydrogen) atoms. The van der Waals surface area contributed by atoms with E-state index in [4.69, 9.17) is 0 Å². The fourth-order valence-electron chi connectivity index (χ4n) is 3.52. The summed E-state index contributed by atoms with van der Waals surface area (Å²) in [5.74, 6) is 0.849. The molecule has 3 rings (SSSR count). The molecule has 2 amide bonds. The molecule has 0 unspecified atom stereocenters. The highest BCUT2D eigenvalue weighted by Gasteiger charge is 2.20. The number of rotatable bonds is 7. The third-order valence-electron chi connectivity index (χ3n) is 5.22. The van der Waals surface area contributed by atoms with Gasteiger partial charge in [-0.2, -0.15) is 0 Å². The number of thioether (sulfide) groups is 1. The zero-order valence-corrected chi connectivity index (χ0v) is 18.1. The predicted molar refractivity (Wildman–Crippen MR) is 114 cm³/mol. The van der Waals surface area contributed by atoms with Crippen molar-refractivity contribution in [1.82, 2.24) is 25.4 Å². The fraction of sp³-hybridized carbons (Fsp3) is 0.524. The van der Waals surface area contributed by atoms with Gasteiger partial charge in [-0.25, -0.2) is 0 Å². The summed E-state index contributed by atoms with van der Waals surface area (Å²) in [5, 5.41) is 15.1. The molecule has 0 spiro atoms. The van der Waals surface area contributed by atoms with Crippen LogP contribution in [0.15, 0.2) is 29.4 Å². The molecule has 8 heteroatoms. The second-order valence-electron chi connectivity index (χ2n) is 7.65. The first-order valence-electron chi connectivity index (χ1n) is 10.1. The maximum atomic E-state index is 12.4. The Bertz CT molecular complexity index is 843. The van der Waals surface area contributed by atoms with Gasteiger partial charge in [0, 0.05) is 18.7 Å². The average Bonchev–Trinajstić information content (AvgIpc) is 3.08. The van der Waals surface area contributed by atoms with Crippen molar-refractivity contribution in [1.29, 1.82) is 0 Å². The number of nitrogens with one attached hydrogen (secondary N) is 2. The van der Waals surface area contributed by atoms with E-state index in [2.05, 4.69) is 20.8 Å². The number of hydrogen-bond acceptors (Lipinski definition) is 5. The van der Waals surface area contributed by atoms with Gasteiger partial charge in [0.15, 0.2) is 11.0 Å². The van der Waals surface area contributed by atoms with Crippen LogP contribution in [0.5, 0.6) is 0 Å². The fourth-order valence-corrected chi connectivity index (χ4v) is 4.25. The minimum atomic E-state index is -0.299. The minimum absolute atomic E-state index is 0.0344. The van der Waals surface area contributed by atoms with Crippen molar-refractivity contribution in [3.63, 3.8) is 0 Å². The van der Waals surface area contributed by atoms with E-state index in [1.807, 2.05) is 37.6 Å².